The van der Waals surface area contributed by atoms with Gasteiger partial charge in [0, 0.05) is 23.7 Å². The molecule has 4 N–H and O–H groups in total. The minimum atomic E-state index is -0.0256. The van der Waals surface area contributed by atoms with Crippen LogP contribution in [0.5, 0.6) is 0 Å². The summed E-state index contributed by atoms with van der Waals surface area (Å²) in [6.07, 6.45) is 4.49. The van der Waals surface area contributed by atoms with Gasteiger partial charge in [-0.25, -0.2) is 0 Å². The Morgan fingerprint density at radius 3 is 2.50 bits per heavy atom. The van der Waals surface area contributed by atoms with Crippen molar-refractivity contribution < 1.29 is 9.59 Å². The third kappa shape index (κ3) is 5.22. The number of nitrogens with one attached hydrogen (secondary N) is 2. The number of hydrogen-bond donors (Lipinski definition) is 3. The molecule has 0 bridgehead atoms. The van der Waals surface area contributed by atoms with Gasteiger partial charge in [0.2, 0.25) is 5.91 Å². The Morgan fingerprint density at radius 1 is 0.964 bits per heavy atom. The largest absolute Gasteiger partial charge is 0.397 e. The zero-order valence-corrected chi connectivity index (χ0v) is 16.3. The second kappa shape index (κ2) is 9.22. The van der Waals surface area contributed by atoms with Gasteiger partial charge in [0.05, 0.1) is 17.1 Å². The van der Waals surface area contributed by atoms with E-state index in [1.54, 1.807) is 12.1 Å². The Labute approximate surface area is 165 Å². The van der Waals surface area contributed by atoms with Gasteiger partial charge in [0.25, 0.3) is 0 Å². The van der Waals surface area contributed by atoms with Gasteiger partial charge in [0.1, 0.15) is 0 Å². The van der Waals surface area contributed by atoms with Gasteiger partial charge < -0.3 is 16.0 Å². The molecule has 1 aromatic heterocycles. The summed E-state index contributed by atoms with van der Waals surface area (Å²) in [7, 11) is 0. The molecular weight excluding hydrogens is 350 g/mol. The molecule has 0 radical (unpaired) electrons. The monoisotopic (exact) mass is 377 g/mol. The number of ketones is 1. The normalized spacial score (nSPS) is 10.9. The van der Waals surface area contributed by atoms with Crippen LogP contribution in [-0.2, 0) is 4.79 Å². The van der Waals surface area contributed by atoms with E-state index in [-0.39, 0.29) is 11.7 Å². The van der Waals surface area contributed by atoms with Crippen LogP contribution in [-0.4, -0.2) is 16.7 Å². The maximum absolute atomic E-state index is 12.4. The molecule has 0 aliphatic carbocycles. The molecular formula is C23H27N3O2. The average molecular weight is 377 g/mol. The van der Waals surface area contributed by atoms with Gasteiger partial charge in [-0.15, -0.1) is 0 Å². The number of unbranched alkanes of at least 4 members (excludes halogenated alkanes) is 3. The number of benzene rings is 2. The Bertz CT molecular complexity index is 975. The van der Waals surface area contributed by atoms with Crippen molar-refractivity contribution in [1.82, 2.24) is 4.98 Å². The van der Waals surface area contributed by atoms with Crippen molar-refractivity contribution in [3.63, 3.8) is 0 Å². The highest BCUT2D eigenvalue weighted by Gasteiger charge is 2.10. The number of aromatic nitrogens is 1. The van der Waals surface area contributed by atoms with Crippen LogP contribution < -0.4 is 11.1 Å². The van der Waals surface area contributed by atoms with E-state index in [2.05, 4.69) is 16.4 Å². The van der Waals surface area contributed by atoms with Gasteiger partial charge in [-0.1, -0.05) is 37.1 Å². The van der Waals surface area contributed by atoms with E-state index in [9.17, 15) is 9.59 Å². The summed E-state index contributed by atoms with van der Waals surface area (Å²) < 4.78 is 0. The van der Waals surface area contributed by atoms with Crippen LogP contribution in [0.4, 0.5) is 11.4 Å². The number of carbonyl (C=O) groups is 2. The lowest BCUT2D eigenvalue weighted by Gasteiger charge is -2.07. The maximum Gasteiger partial charge on any atom is 0.224 e. The smallest absolute Gasteiger partial charge is 0.224 e. The number of nitrogens with two attached hydrogens (primary N) is 1. The molecule has 1 heterocycles. The van der Waals surface area contributed by atoms with E-state index in [1.165, 1.54) is 5.56 Å². The molecule has 3 rings (SSSR count). The molecule has 0 aliphatic heterocycles. The molecule has 0 atom stereocenters. The number of aryl methyl sites for hydroxylation is 1. The number of hydrogen-bond acceptors (Lipinski definition) is 3. The summed E-state index contributed by atoms with van der Waals surface area (Å²) >= 11 is 0. The van der Waals surface area contributed by atoms with E-state index < -0.39 is 0 Å². The SMILES string of the molecule is Cc1ccc2cc(C(=O)CCCCCCC(=O)Nc3ccccc3N)[nH]c2c1. The number of nitrogen functional groups attached to an aromatic ring is 1. The second-order valence-corrected chi connectivity index (χ2v) is 7.25. The third-order valence-electron chi connectivity index (χ3n) is 4.87. The predicted octanol–water partition coefficient (Wildman–Crippen LogP) is 5.22. The number of aromatic amines is 1. The van der Waals surface area contributed by atoms with Crippen LogP contribution in [0.2, 0.25) is 0 Å². The minimum Gasteiger partial charge on any atom is -0.397 e. The Balaban J connectivity index is 1.34. The molecule has 0 unspecified atom stereocenters. The van der Waals surface area contributed by atoms with Crippen molar-refractivity contribution in [2.24, 2.45) is 0 Å². The molecule has 0 spiro atoms. The Kier molecular flexibility index (Phi) is 6.48. The fourth-order valence-corrected chi connectivity index (χ4v) is 3.27. The third-order valence-corrected chi connectivity index (χ3v) is 4.87. The van der Waals surface area contributed by atoms with E-state index in [0.29, 0.717) is 29.9 Å². The van der Waals surface area contributed by atoms with Crippen molar-refractivity contribution in [2.45, 2.75) is 45.4 Å². The highest BCUT2D eigenvalue weighted by Crippen LogP contribution is 2.19. The van der Waals surface area contributed by atoms with Crippen molar-refractivity contribution >= 4 is 34.0 Å². The quantitative estimate of drug-likeness (QED) is 0.271. The van der Waals surface area contributed by atoms with Gasteiger partial charge >= 0.3 is 0 Å². The fraction of sp³-hybridized carbons (Fsp3) is 0.304. The zero-order valence-electron chi connectivity index (χ0n) is 16.3. The predicted molar refractivity (Wildman–Crippen MR) is 115 cm³/mol. The Hall–Kier alpha value is -3.08. The fourth-order valence-electron chi connectivity index (χ4n) is 3.27. The van der Waals surface area contributed by atoms with Crippen LogP contribution in [0.3, 0.4) is 0 Å². The van der Waals surface area contributed by atoms with Gasteiger partial charge in [0.15, 0.2) is 5.78 Å². The lowest BCUT2D eigenvalue weighted by molar-refractivity contribution is -0.116. The first-order valence-electron chi connectivity index (χ1n) is 9.80. The first-order chi connectivity index (χ1) is 13.5. The number of para-hydroxylation sites is 2. The van der Waals surface area contributed by atoms with E-state index >= 15 is 0 Å². The summed E-state index contributed by atoms with van der Waals surface area (Å²) in [6.45, 7) is 2.04. The zero-order chi connectivity index (χ0) is 19.9. The molecule has 5 nitrogen and oxygen atoms in total. The number of Topliss-reactive ketones (excluding diaryl/α,β-unsaturated/α-hetero) is 1. The highest BCUT2D eigenvalue weighted by atomic mass is 16.1. The molecule has 146 valence electrons. The molecule has 5 heteroatoms. The Morgan fingerprint density at radius 2 is 1.71 bits per heavy atom. The lowest BCUT2D eigenvalue weighted by Crippen LogP contribution is -2.12. The molecule has 0 saturated heterocycles. The van der Waals surface area contributed by atoms with Gasteiger partial charge in [-0.3, -0.25) is 9.59 Å². The average Bonchev–Trinajstić information content (AvgIpc) is 3.09. The van der Waals surface area contributed by atoms with Crippen LogP contribution in [0.15, 0.2) is 48.5 Å². The van der Waals surface area contributed by atoms with Crippen molar-refractivity contribution in [3.8, 4) is 0 Å². The highest BCUT2D eigenvalue weighted by molar-refractivity contribution is 5.99. The molecule has 28 heavy (non-hydrogen) atoms. The number of amides is 1. The summed E-state index contributed by atoms with van der Waals surface area (Å²) in [5, 5.41) is 3.90. The number of anilines is 2. The van der Waals surface area contributed by atoms with Gasteiger partial charge in [-0.2, -0.15) is 0 Å². The summed E-state index contributed by atoms with van der Waals surface area (Å²) in [5.74, 6) is 0.119. The van der Waals surface area contributed by atoms with Crippen molar-refractivity contribution in [1.29, 1.82) is 0 Å². The standard InChI is InChI=1S/C23H27N3O2/c1-16-12-13-17-15-21(25-20(17)14-16)22(27)10-4-2-3-5-11-23(28)26-19-9-7-6-8-18(19)24/h6-9,12-15,25H,2-5,10-11,24H2,1H3,(H,26,28). The lowest BCUT2D eigenvalue weighted by atomic mass is 10.1. The van der Waals surface area contributed by atoms with E-state index in [4.69, 9.17) is 5.73 Å². The first-order valence-corrected chi connectivity index (χ1v) is 9.80. The summed E-state index contributed by atoms with van der Waals surface area (Å²) in [6, 6.07) is 15.3. The topological polar surface area (TPSA) is 88.0 Å². The van der Waals surface area contributed by atoms with E-state index in [1.807, 2.05) is 37.3 Å². The molecule has 1 amide bonds. The maximum atomic E-state index is 12.4. The van der Waals surface area contributed by atoms with Crippen molar-refractivity contribution in [2.75, 3.05) is 11.1 Å². The number of rotatable bonds is 9. The summed E-state index contributed by atoms with van der Waals surface area (Å²) in [4.78, 5) is 27.6. The number of fused-ring (bicyclic) bond motifs is 1. The van der Waals surface area contributed by atoms with Crippen LogP contribution in [0, 0.1) is 6.92 Å². The van der Waals surface area contributed by atoms with Crippen LogP contribution in [0.25, 0.3) is 10.9 Å². The molecule has 3 aromatic rings. The van der Waals surface area contributed by atoms with E-state index in [0.717, 1.165) is 36.6 Å². The molecule has 2 aromatic carbocycles. The molecule has 0 saturated carbocycles. The molecule has 0 aliphatic rings. The summed E-state index contributed by atoms with van der Waals surface area (Å²) in [5.41, 5.74) is 9.91. The number of H-pyrrole nitrogens is 1. The number of carbonyl (C=O) groups excluding carboxylic acids is 2. The van der Waals surface area contributed by atoms with Crippen LogP contribution >= 0.6 is 0 Å². The minimum absolute atomic E-state index is 0.0256. The first kappa shape index (κ1) is 19.7. The molecule has 0 fully saturated rings. The van der Waals surface area contributed by atoms with Gasteiger partial charge in [-0.05, 0) is 49.6 Å². The van der Waals surface area contributed by atoms with Crippen molar-refractivity contribution in [3.05, 3.63) is 59.8 Å². The van der Waals surface area contributed by atoms with Crippen LogP contribution in [0.1, 0.15) is 54.6 Å². The second-order valence-electron chi connectivity index (χ2n) is 7.25.